The Morgan fingerprint density at radius 3 is 1.96 bits per heavy atom. The number of carbonyl (C=O) groups is 2. The Labute approximate surface area is 144 Å². The summed E-state index contributed by atoms with van der Waals surface area (Å²) in [5.41, 5.74) is 2.20. The lowest BCUT2D eigenvalue weighted by molar-refractivity contribution is 0.0532. The maximum absolute atomic E-state index is 13.8. The molecular weight excluding hydrogens is 328 g/mol. The summed E-state index contributed by atoms with van der Waals surface area (Å²) < 4.78 is 26.8. The molecule has 3 rings (SSSR count). The van der Waals surface area contributed by atoms with E-state index in [9.17, 15) is 18.4 Å². The van der Waals surface area contributed by atoms with Gasteiger partial charge in [0.25, 0.3) is 11.8 Å². The van der Waals surface area contributed by atoms with Crippen LogP contribution in [0.5, 0.6) is 0 Å². The lowest BCUT2D eigenvalue weighted by Crippen LogP contribution is -2.50. The van der Waals surface area contributed by atoms with E-state index in [0.29, 0.717) is 37.8 Å². The average molecular weight is 347 g/mol. The molecular formula is C18H19F2N3O2. The van der Waals surface area contributed by atoms with Crippen LogP contribution in [0.4, 0.5) is 8.78 Å². The number of H-pyrrole nitrogens is 1. The van der Waals surface area contributed by atoms with Crippen molar-refractivity contribution in [1.82, 2.24) is 14.8 Å². The number of rotatable bonds is 2. The van der Waals surface area contributed by atoms with Gasteiger partial charge in [0.1, 0.15) is 11.6 Å². The lowest BCUT2D eigenvalue weighted by atomic mass is 10.1. The predicted molar refractivity (Wildman–Crippen MR) is 88.4 cm³/mol. The molecule has 25 heavy (non-hydrogen) atoms. The number of aryl methyl sites for hydroxylation is 2. The average Bonchev–Trinajstić information content (AvgIpc) is 2.92. The second-order valence-electron chi connectivity index (χ2n) is 6.20. The van der Waals surface area contributed by atoms with Gasteiger partial charge in [-0.15, -0.1) is 0 Å². The normalized spacial score (nSPS) is 14.7. The summed E-state index contributed by atoms with van der Waals surface area (Å²) >= 11 is 0. The van der Waals surface area contributed by atoms with Crippen LogP contribution >= 0.6 is 0 Å². The molecule has 1 saturated heterocycles. The largest absolute Gasteiger partial charge is 0.362 e. The van der Waals surface area contributed by atoms with Crippen LogP contribution in [0.3, 0.4) is 0 Å². The highest BCUT2D eigenvalue weighted by molar-refractivity contribution is 5.96. The first kappa shape index (κ1) is 17.1. The molecule has 0 atom stereocenters. The van der Waals surface area contributed by atoms with Crippen LogP contribution in [-0.2, 0) is 0 Å². The summed E-state index contributed by atoms with van der Waals surface area (Å²) in [7, 11) is 0. The zero-order chi connectivity index (χ0) is 18.1. The van der Waals surface area contributed by atoms with Crippen molar-refractivity contribution >= 4 is 11.8 Å². The van der Waals surface area contributed by atoms with Crippen LogP contribution < -0.4 is 0 Å². The van der Waals surface area contributed by atoms with Gasteiger partial charge in [0.15, 0.2) is 0 Å². The maximum atomic E-state index is 13.8. The minimum atomic E-state index is -0.873. The number of nitrogens with zero attached hydrogens (tertiary/aromatic N) is 2. The molecule has 1 N–H and O–H groups in total. The van der Waals surface area contributed by atoms with Crippen molar-refractivity contribution in [1.29, 1.82) is 0 Å². The molecule has 2 amide bonds. The molecule has 0 saturated carbocycles. The Balaban J connectivity index is 1.66. The Hall–Kier alpha value is -2.70. The van der Waals surface area contributed by atoms with Crippen LogP contribution in [0.1, 0.15) is 32.1 Å². The number of halogens is 2. The zero-order valence-corrected chi connectivity index (χ0v) is 14.1. The minimum Gasteiger partial charge on any atom is -0.362 e. The molecule has 0 unspecified atom stereocenters. The van der Waals surface area contributed by atoms with Gasteiger partial charge in [-0.05, 0) is 32.0 Å². The van der Waals surface area contributed by atoms with E-state index in [1.54, 1.807) is 4.90 Å². The predicted octanol–water partition coefficient (Wildman–Crippen LogP) is 2.51. The van der Waals surface area contributed by atoms with Gasteiger partial charge in [0, 0.05) is 43.6 Å². The summed E-state index contributed by atoms with van der Waals surface area (Å²) in [5.74, 6) is -2.16. The second kappa shape index (κ2) is 6.66. The second-order valence-corrected chi connectivity index (χ2v) is 6.20. The fourth-order valence-electron chi connectivity index (χ4n) is 3.06. The first-order valence-electron chi connectivity index (χ1n) is 8.06. The SMILES string of the molecule is Cc1cc(C(=O)N2CCN(C(=O)c3ccc(F)cc3F)CC2)c(C)[nH]1. The molecule has 132 valence electrons. The topological polar surface area (TPSA) is 56.4 Å². The van der Waals surface area contributed by atoms with E-state index < -0.39 is 17.5 Å². The van der Waals surface area contributed by atoms with Crippen LogP contribution in [0, 0.1) is 25.5 Å². The number of aromatic nitrogens is 1. The van der Waals surface area contributed by atoms with Gasteiger partial charge in [-0.25, -0.2) is 8.78 Å². The van der Waals surface area contributed by atoms with Crippen LogP contribution in [-0.4, -0.2) is 52.8 Å². The molecule has 0 spiro atoms. The zero-order valence-electron chi connectivity index (χ0n) is 14.1. The van der Waals surface area contributed by atoms with E-state index in [4.69, 9.17) is 0 Å². The van der Waals surface area contributed by atoms with Crippen molar-refractivity contribution < 1.29 is 18.4 Å². The smallest absolute Gasteiger partial charge is 0.256 e. The van der Waals surface area contributed by atoms with Crippen molar-refractivity contribution in [3.05, 3.63) is 58.4 Å². The molecule has 5 nitrogen and oxygen atoms in total. The molecule has 2 aromatic rings. The Bertz CT molecular complexity index is 824. The van der Waals surface area contributed by atoms with E-state index in [-0.39, 0.29) is 11.5 Å². The van der Waals surface area contributed by atoms with Crippen LogP contribution in [0.15, 0.2) is 24.3 Å². The summed E-state index contributed by atoms with van der Waals surface area (Å²) in [6.45, 7) is 5.09. The fourth-order valence-corrected chi connectivity index (χ4v) is 3.06. The van der Waals surface area contributed by atoms with Gasteiger partial charge < -0.3 is 14.8 Å². The van der Waals surface area contributed by atoms with Gasteiger partial charge in [-0.2, -0.15) is 0 Å². The highest BCUT2D eigenvalue weighted by Crippen LogP contribution is 2.17. The Kier molecular flexibility index (Phi) is 4.57. The molecule has 0 radical (unpaired) electrons. The van der Waals surface area contributed by atoms with Crippen molar-refractivity contribution in [2.45, 2.75) is 13.8 Å². The van der Waals surface area contributed by atoms with E-state index in [1.165, 1.54) is 4.90 Å². The van der Waals surface area contributed by atoms with E-state index >= 15 is 0 Å². The first-order chi connectivity index (χ1) is 11.9. The highest BCUT2D eigenvalue weighted by Gasteiger charge is 2.27. The van der Waals surface area contributed by atoms with Gasteiger partial charge in [-0.1, -0.05) is 0 Å². The summed E-state index contributed by atoms with van der Waals surface area (Å²) in [6, 6.07) is 4.72. The van der Waals surface area contributed by atoms with Crippen LogP contribution in [0.2, 0.25) is 0 Å². The van der Waals surface area contributed by atoms with Crippen molar-refractivity contribution in [3.8, 4) is 0 Å². The summed E-state index contributed by atoms with van der Waals surface area (Å²) in [4.78, 5) is 31.2. The van der Waals surface area contributed by atoms with Crippen molar-refractivity contribution in [3.63, 3.8) is 0 Å². The number of nitrogens with one attached hydrogen (secondary N) is 1. The van der Waals surface area contributed by atoms with E-state index in [1.807, 2.05) is 19.9 Å². The van der Waals surface area contributed by atoms with Gasteiger partial charge in [-0.3, -0.25) is 9.59 Å². The molecule has 1 fully saturated rings. The number of carbonyl (C=O) groups excluding carboxylic acids is 2. The maximum Gasteiger partial charge on any atom is 0.256 e. The van der Waals surface area contributed by atoms with E-state index in [0.717, 1.165) is 23.5 Å². The van der Waals surface area contributed by atoms with Gasteiger partial charge in [0.05, 0.1) is 11.1 Å². The number of piperazine rings is 1. The van der Waals surface area contributed by atoms with Crippen molar-refractivity contribution in [2.75, 3.05) is 26.2 Å². The third-order valence-electron chi connectivity index (χ3n) is 4.40. The molecule has 1 aromatic heterocycles. The fraction of sp³-hybridized carbons (Fsp3) is 0.333. The minimum absolute atomic E-state index is 0.0816. The summed E-state index contributed by atoms with van der Waals surface area (Å²) in [6.07, 6.45) is 0. The third-order valence-corrected chi connectivity index (χ3v) is 4.40. The monoisotopic (exact) mass is 347 g/mol. The molecule has 0 aliphatic carbocycles. The number of amides is 2. The van der Waals surface area contributed by atoms with Crippen molar-refractivity contribution in [2.24, 2.45) is 0 Å². The molecule has 2 heterocycles. The highest BCUT2D eigenvalue weighted by atomic mass is 19.1. The van der Waals surface area contributed by atoms with Gasteiger partial charge >= 0.3 is 0 Å². The number of benzene rings is 1. The molecule has 1 aromatic carbocycles. The lowest BCUT2D eigenvalue weighted by Gasteiger charge is -2.34. The first-order valence-corrected chi connectivity index (χ1v) is 8.06. The number of aromatic amines is 1. The standard InChI is InChI=1S/C18H19F2N3O2/c1-11-9-15(12(2)21-11)18(25)23-7-5-22(6-8-23)17(24)14-4-3-13(19)10-16(14)20/h3-4,9-10,21H,5-8H2,1-2H3. The Morgan fingerprint density at radius 1 is 0.920 bits per heavy atom. The quantitative estimate of drug-likeness (QED) is 0.908. The molecule has 1 aliphatic heterocycles. The third kappa shape index (κ3) is 3.40. The number of hydrogen-bond donors (Lipinski definition) is 1. The molecule has 1 aliphatic rings. The summed E-state index contributed by atoms with van der Waals surface area (Å²) in [5, 5.41) is 0. The molecule has 0 bridgehead atoms. The number of hydrogen-bond acceptors (Lipinski definition) is 2. The Morgan fingerprint density at radius 2 is 1.48 bits per heavy atom. The van der Waals surface area contributed by atoms with E-state index in [2.05, 4.69) is 4.98 Å². The molecule has 7 heteroatoms. The van der Waals surface area contributed by atoms with Crippen LogP contribution in [0.25, 0.3) is 0 Å². The van der Waals surface area contributed by atoms with Gasteiger partial charge in [0.2, 0.25) is 0 Å².